The Kier molecular flexibility index (Phi) is 5.26. The van der Waals surface area contributed by atoms with Gasteiger partial charge in [0.1, 0.15) is 0 Å². The second-order valence-electron chi connectivity index (χ2n) is 6.41. The molecule has 2 heteroatoms. The highest BCUT2D eigenvalue weighted by atomic mass is 16.3. The first-order chi connectivity index (χ1) is 7.41. The molecule has 0 aromatic heterocycles. The molecule has 96 valence electrons. The number of hydrogen-bond acceptors (Lipinski definition) is 2. The molecule has 1 fully saturated rings. The van der Waals surface area contributed by atoms with Crippen molar-refractivity contribution in [1.29, 1.82) is 0 Å². The van der Waals surface area contributed by atoms with Crippen LogP contribution in [0.25, 0.3) is 0 Å². The van der Waals surface area contributed by atoms with Crippen molar-refractivity contribution in [3.8, 4) is 0 Å². The Morgan fingerprint density at radius 2 is 1.44 bits per heavy atom. The summed E-state index contributed by atoms with van der Waals surface area (Å²) < 4.78 is 0. The predicted octanol–water partition coefficient (Wildman–Crippen LogP) is 2.91. The SMILES string of the molecule is CC(C)CN(CC(C)C)CC1(O)CCCC1. The summed E-state index contributed by atoms with van der Waals surface area (Å²) in [5.74, 6) is 1.37. The molecule has 0 saturated heterocycles. The molecule has 0 aliphatic heterocycles. The van der Waals surface area contributed by atoms with Crippen molar-refractivity contribution in [2.24, 2.45) is 11.8 Å². The van der Waals surface area contributed by atoms with E-state index < -0.39 is 0 Å². The van der Waals surface area contributed by atoms with Crippen molar-refractivity contribution in [1.82, 2.24) is 4.90 Å². The lowest BCUT2D eigenvalue weighted by Crippen LogP contribution is -2.44. The van der Waals surface area contributed by atoms with Crippen LogP contribution in [0.5, 0.6) is 0 Å². The van der Waals surface area contributed by atoms with Gasteiger partial charge in [0.15, 0.2) is 0 Å². The Hall–Kier alpha value is -0.0800. The molecule has 2 nitrogen and oxygen atoms in total. The van der Waals surface area contributed by atoms with E-state index in [2.05, 4.69) is 32.6 Å². The molecule has 0 bridgehead atoms. The van der Waals surface area contributed by atoms with E-state index in [0.29, 0.717) is 11.8 Å². The fourth-order valence-corrected chi connectivity index (χ4v) is 2.84. The quantitative estimate of drug-likeness (QED) is 0.754. The summed E-state index contributed by atoms with van der Waals surface area (Å²) in [6.07, 6.45) is 4.40. The van der Waals surface area contributed by atoms with E-state index in [1.807, 2.05) is 0 Å². The van der Waals surface area contributed by atoms with E-state index in [1.54, 1.807) is 0 Å². The maximum absolute atomic E-state index is 10.4. The lowest BCUT2D eigenvalue weighted by Gasteiger charge is -2.33. The Labute approximate surface area is 101 Å². The molecule has 0 aromatic carbocycles. The smallest absolute Gasteiger partial charge is 0.0774 e. The highest BCUT2D eigenvalue weighted by Crippen LogP contribution is 2.30. The molecule has 0 amide bonds. The minimum absolute atomic E-state index is 0.385. The van der Waals surface area contributed by atoms with Crippen LogP contribution in [0.4, 0.5) is 0 Å². The van der Waals surface area contributed by atoms with Crippen LogP contribution < -0.4 is 0 Å². The maximum atomic E-state index is 10.4. The van der Waals surface area contributed by atoms with Gasteiger partial charge in [0, 0.05) is 19.6 Å². The molecule has 16 heavy (non-hydrogen) atoms. The monoisotopic (exact) mass is 227 g/mol. The normalized spacial score (nSPS) is 20.2. The van der Waals surface area contributed by atoms with Gasteiger partial charge in [0.2, 0.25) is 0 Å². The number of hydrogen-bond donors (Lipinski definition) is 1. The Morgan fingerprint density at radius 3 is 1.81 bits per heavy atom. The van der Waals surface area contributed by atoms with Gasteiger partial charge in [0.25, 0.3) is 0 Å². The second-order valence-corrected chi connectivity index (χ2v) is 6.41. The summed E-state index contributed by atoms with van der Waals surface area (Å²) in [5.41, 5.74) is -0.385. The molecule has 0 unspecified atom stereocenters. The van der Waals surface area contributed by atoms with E-state index in [0.717, 1.165) is 32.5 Å². The van der Waals surface area contributed by atoms with Crippen LogP contribution in [0.2, 0.25) is 0 Å². The Morgan fingerprint density at radius 1 is 1.00 bits per heavy atom. The summed E-state index contributed by atoms with van der Waals surface area (Å²) in [6.45, 7) is 12.1. The Bertz CT molecular complexity index is 185. The Balaban J connectivity index is 2.48. The van der Waals surface area contributed by atoms with Crippen molar-refractivity contribution in [2.75, 3.05) is 19.6 Å². The third-order valence-electron chi connectivity index (χ3n) is 3.30. The van der Waals surface area contributed by atoms with Gasteiger partial charge in [-0.25, -0.2) is 0 Å². The van der Waals surface area contributed by atoms with Crippen LogP contribution in [0.1, 0.15) is 53.4 Å². The number of rotatable bonds is 6. The zero-order valence-corrected chi connectivity index (χ0v) is 11.5. The number of aliphatic hydroxyl groups is 1. The summed E-state index contributed by atoms with van der Waals surface area (Å²) in [7, 11) is 0. The standard InChI is InChI=1S/C14H29NO/c1-12(2)9-15(10-13(3)4)11-14(16)7-5-6-8-14/h12-13,16H,5-11H2,1-4H3. The molecular weight excluding hydrogens is 198 g/mol. The van der Waals surface area contributed by atoms with E-state index in [1.165, 1.54) is 12.8 Å². The van der Waals surface area contributed by atoms with Gasteiger partial charge in [-0.1, -0.05) is 40.5 Å². The minimum atomic E-state index is -0.385. The van der Waals surface area contributed by atoms with E-state index >= 15 is 0 Å². The van der Waals surface area contributed by atoms with Crippen molar-refractivity contribution in [2.45, 2.75) is 59.0 Å². The first-order valence-corrected chi connectivity index (χ1v) is 6.86. The summed E-state index contributed by atoms with van der Waals surface area (Å²) in [6, 6.07) is 0. The van der Waals surface area contributed by atoms with Crippen molar-refractivity contribution in [3.63, 3.8) is 0 Å². The fraction of sp³-hybridized carbons (Fsp3) is 1.00. The van der Waals surface area contributed by atoms with E-state index in [-0.39, 0.29) is 5.60 Å². The minimum Gasteiger partial charge on any atom is -0.389 e. The molecule has 0 heterocycles. The zero-order valence-electron chi connectivity index (χ0n) is 11.5. The molecule has 1 aliphatic carbocycles. The van der Waals surface area contributed by atoms with Gasteiger partial charge in [-0.3, -0.25) is 4.90 Å². The van der Waals surface area contributed by atoms with Crippen molar-refractivity contribution in [3.05, 3.63) is 0 Å². The van der Waals surface area contributed by atoms with E-state index in [4.69, 9.17) is 0 Å². The second kappa shape index (κ2) is 6.02. The van der Waals surface area contributed by atoms with Crippen LogP contribution in [-0.2, 0) is 0 Å². The third kappa shape index (κ3) is 4.84. The van der Waals surface area contributed by atoms with Crippen LogP contribution in [0.3, 0.4) is 0 Å². The highest BCUT2D eigenvalue weighted by Gasteiger charge is 2.33. The summed E-state index contributed by atoms with van der Waals surface area (Å²) in [4.78, 5) is 2.46. The van der Waals surface area contributed by atoms with Gasteiger partial charge in [-0.05, 0) is 24.7 Å². The highest BCUT2D eigenvalue weighted by molar-refractivity contribution is 4.87. The van der Waals surface area contributed by atoms with Crippen LogP contribution in [0.15, 0.2) is 0 Å². The third-order valence-corrected chi connectivity index (χ3v) is 3.30. The summed E-state index contributed by atoms with van der Waals surface area (Å²) in [5, 5.41) is 10.4. The molecule has 0 radical (unpaired) electrons. The molecule has 1 rings (SSSR count). The zero-order chi connectivity index (χ0) is 12.2. The average molecular weight is 227 g/mol. The first kappa shape index (κ1) is 14.0. The van der Waals surface area contributed by atoms with Gasteiger partial charge < -0.3 is 5.11 Å². The number of nitrogens with zero attached hydrogens (tertiary/aromatic N) is 1. The predicted molar refractivity (Wildman–Crippen MR) is 69.5 cm³/mol. The van der Waals surface area contributed by atoms with Gasteiger partial charge in [0.05, 0.1) is 5.60 Å². The molecule has 1 N–H and O–H groups in total. The van der Waals surface area contributed by atoms with Crippen molar-refractivity contribution >= 4 is 0 Å². The van der Waals surface area contributed by atoms with Crippen LogP contribution in [-0.4, -0.2) is 35.2 Å². The molecule has 1 aliphatic rings. The van der Waals surface area contributed by atoms with Gasteiger partial charge in [-0.2, -0.15) is 0 Å². The molecule has 0 aromatic rings. The topological polar surface area (TPSA) is 23.5 Å². The molecular formula is C14H29NO. The van der Waals surface area contributed by atoms with Crippen molar-refractivity contribution < 1.29 is 5.11 Å². The molecule has 0 spiro atoms. The average Bonchev–Trinajstić information content (AvgIpc) is 2.48. The fourth-order valence-electron chi connectivity index (χ4n) is 2.84. The van der Waals surface area contributed by atoms with Gasteiger partial charge in [-0.15, -0.1) is 0 Å². The lowest BCUT2D eigenvalue weighted by molar-refractivity contribution is 0.00342. The van der Waals surface area contributed by atoms with Crippen LogP contribution in [0, 0.1) is 11.8 Å². The maximum Gasteiger partial charge on any atom is 0.0774 e. The van der Waals surface area contributed by atoms with E-state index in [9.17, 15) is 5.11 Å². The molecule has 0 atom stereocenters. The van der Waals surface area contributed by atoms with Crippen LogP contribution >= 0.6 is 0 Å². The molecule has 1 saturated carbocycles. The lowest BCUT2D eigenvalue weighted by atomic mass is 10.0. The first-order valence-electron chi connectivity index (χ1n) is 6.86. The largest absolute Gasteiger partial charge is 0.389 e. The summed E-state index contributed by atoms with van der Waals surface area (Å²) >= 11 is 0. The van der Waals surface area contributed by atoms with Gasteiger partial charge >= 0.3 is 0 Å².